The number of rotatable bonds is 9. The molecular formula is C14H28BrN. The van der Waals surface area contributed by atoms with Crippen LogP contribution >= 0.6 is 15.9 Å². The van der Waals surface area contributed by atoms with Crippen molar-refractivity contribution in [3.8, 4) is 0 Å². The fourth-order valence-corrected chi connectivity index (χ4v) is 3.37. The normalized spacial score (nSPS) is 17.1. The highest BCUT2D eigenvalue weighted by molar-refractivity contribution is 9.09. The van der Waals surface area contributed by atoms with Crippen LogP contribution in [0.3, 0.4) is 0 Å². The molecule has 1 aliphatic rings. The first kappa shape index (κ1) is 14.5. The highest BCUT2D eigenvalue weighted by Gasteiger charge is 2.30. The molecule has 0 amide bonds. The van der Waals surface area contributed by atoms with Crippen molar-refractivity contribution in [1.29, 1.82) is 0 Å². The molecule has 0 aliphatic heterocycles. The van der Waals surface area contributed by atoms with E-state index in [1.807, 2.05) is 0 Å². The molecule has 0 aromatic heterocycles. The van der Waals surface area contributed by atoms with Crippen molar-refractivity contribution < 1.29 is 0 Å². The topological polar surface area (TPSA) is 3.24 Å². The Morgan fingerprint density at radius 3 is 2.19 bits per heavy atom. The summed E-state index contributed by atoms with van der Waals surface area (Å²) in [5.41, 5.74) is 0.504. The number of hydrogen-bond acceptors (Lipinski definition) is 1. The summed E-state index contributed by atoms with van der Waals surface area (Å²) in [4.78, 5) is 2.71. The number of alkyl halides is 1. The van der Waals surface area contributed by atoms with Crippen LogP contribution in [-0.2, 0) is 0 Å². The molecule has 1 rings (SSSR count). The van der Waals surface area contributed by atoms with E-state index >= 15 is 0 Å². The zero-order chi connectivity index (χ0) is 12.0. The molecule has 1 nitrogen and oxygen atoms in total. The highest BCUT2D eigenvalue weighted by atomic mass is 79.9. The maximum atomic E-state index is 3.73. The van der Waals surface area contributed by atoms with Gasteiger partial charge >= 0.3 is 0 Å². The summed E-state index contributed by atoms with van der Waals surface area (Å²) in [6.07, 6.45) is 6.82. The van der Waals surface area contributed by atoms with E-state index in [2.05, 4.69) is 41.6 Å². The monoisotopic (exact) mass is 289 g/mol. The van der Waals surface area contributed by atoms with Crippen LogP contribution < -0.4 is 0 Å². The first-order valence-corrected chi connectivity index (χ1v) is 8.10. The van der Waals surface area contributed by atoms with Crippen LogP contribution in [0.1, 0.15) is 52.9 Å². The smallest absolute Gasteiger partial charge is 0.01000 e. The average Bonchev–Trinajstić information content (AvgIpc) is 3.10. The second-order valence-corrected chi connectivity index (χ2v) is 6.08. The van der Waals surface area contributed by atoms with Crippen LogP contribution in [-0.4, -0.2) is 29.9 Å². The van der Waals surface area contributed by atoms with Gasteiger partial charge in [0.2, 0.25) is 0 Å². The minimum atomic E-state index is 0.504. The van der Waals surface area contributed by atoms with Gasteiger partial charge in [0.25, 0.3) is 0 Å². The molecule has 0 radical (unpaired) electrons. The Morgan fingerprint density at radius 1 is 1.19 bits per heavy atom. The molecule has 0 saturated heterocycles. The third-order valence-corrected chi connectivity index (χ3v) is 5.29. The van der Waals surface area contributed by atoms with Gasteiger partial charge in [-0.05, 0) is 50.0 Å². The van der Waals surface area contributed by atoms with Gasteiger partial charge in [-0.3, -0.25) is 0 Å². The Balaban J connectivity index is 2.48. The van der Waals surface area contributed by atoms with Crippen molar-refractivity contribution in [3.05, 3.63) is 0 Å². The molecule has 1 fully saturated rings. The van der Waals surface area contributed by atoms with Crippen LogP contribution in [0.25, 0.3) is 0 Å². The maximum Gasteiger partial charge on any atom is 0.01000 e. The lowest BCUT2D eigenvalue weighted by Crippen LogP contribution is -2.39. The van der Waals surface area contributed by atoms with Crippen molar-refractivity contribution in [2.45, 2.75) is 52.9 Å². The standard InChI is InChI=1S/C14H28BrN/c1-4-9-16(10-13-7-8-13)12-14(5-2,6-3)11-15/h13H,4-12H2,1-3H3. The first-order valence-electron chi connectivity index (χ1n) is 6.98. The lowest BCUT2D eigenvalue weighted by atomic mass is 9.84. The Hall–Kier alpha value is 0.440. The van der Waals surface area contributed by atoms with Crippen LogP contribution in [0, 0.1) is 11.3 Å². The SMILES string of the molecule is CCCN(CC1CC1)CC(CC)(CC)CBr. The van der Waals surface area contributed by atoms with Crippen LogP contribution in [0.2, 0.25) is 0 Å². The predicted octanol–water partition coefficient (Wildman–Crippen LogP) is 4.31. The highest BCUT2D eigenvalue weighted by Crippen LogP contribution is 2.34. The van der Waals surface area contributed by atoms with Crippen molar-refractivity contribution in [3.63, 3.8) is 0 Å². The third-order valence-electron chi connectivity index (χ3n) is 4.10. The molecule has 0 N–H and O–H groups in total. The summed E-state index contributed by atoms with van der Waals surface area (Å²) >= 11 is 3.73. The second-order valence-electron chi connectivity index (χ2n) is 5.52. The average molecular weight is 290 g/mol. The lowest BCUT2D eigenvalue weighted by molar-refractivity contribution is 0.153. The van der Waals surface area contributed by atoms with E-state index in [-0.39, 0.29) is 0 Å². The molecular weight excluding hydrogens is 262 g/mol. The Kier molecular flexibility index (Phi) is 6.35. The van der Waals surface area contributed by atoms with E-state index in [1.54, 1.807) is 0 Å². The fraction of sp³-hybridized carbons (Fsp3) is 1.00. The maximum absolute atomic E-state index is 3.73. The molecule has 0 heterocycles. The summed E-state index contributed by atoms with van der Waals surface area (Å²) in [6.45, 7) is 10.9. The van der Waals surface area contributed by atoms with Crippen molar-refractivity contribution in [2.24, 2.45) is 11.3 Å². The van der Waals surface area contributed by atoms with Crippen molar-refractivity contribution >= 4 is 15.9 Å². The van der Waals surface area contributed by atoms with Gasteiger partial charge in [-0.1, -0.05) is 36.7 Å². The largest absolute Gasteiger partial charge is 0.302 e. The van der Waals surface area contributed by atoms with Crippen molar-refractivity contribution in [2.75, 3.05) is 25.0 Å². The van der Waals surface area contributed by atoms with Gasteiger partial charge in [0.1, 0.15) is 0 Å². The number of nitrogens with zero attached hydrogens (tertiary/aromatic N) is 1. The van der Waals surface area contributed by atoms with E-state index in [4.69, 9.17) is 0 Å². The van der Waals surface area contributed by atoms with E-state index in [0.717, 1.165) is 11.2 Å². The van der Waals surface area contributed by atoms with Gasteiger partial charge in [-0.2, -0.15) is 0 Å². The summed E-state index contributed by atoms with van der Waals surface area (Å²) in [5, 5.41) is 1.15. The summed E-state index contributed by atoms with van der Waals surface area (Å²) in [7, 11) is 0. The summed E-state index contributed by atoms with van der Waals surface area (Å²) < 4.78 is 0. The van der Waals surface area contributed by atoms with E-state index in [0.29, 0.717) is 5.41 Å². The molecule has 2 heteroatoms. The lowest BCUT2D eigenvalue weighted by Gasteiger charge is -2.36. The number of halogens is 1. The van der Waals surface area contributed by atoms with Crippen molar-refractivity contribution in [1.82, 2.24) is 4.90 Å². The molecule has 96 valence electrons. The van der Waals surface area contributed by atoms with Crippen LogP contribution in [0.15, 0.2) is 0 Å². The molecule has 0 aromatic rings. The Labute approximate surface area is 110 Å². The van der Waals surface area contributed by atoms with E-state index < -0.39 is 0 Å². The molecule has 0 aromatic carbocycles. The predicted molar refractivity (Wildman–Crippen MR) is 76.3 cm³/mol. The molecule has 0 atom stereocenters. The van der Waals surface area contributed by atoms with Gasteiger partial charge < -0.3 is 4.90 Å². The molecule has 1 saturated carbocycles. The summed E-state index contributed by atoms with van der Waals surface area (Å²) in [5.74, 6) is 1.02. The zero-order valence-corrected chi connectivity index (χ0v) is 12.9. The first-order chi connectivity index (χ1) is 7.69. The minimum absolute atomic E-state index is 0.504. The van der Waals surface area contributed by atoms with Gasteiger partial charge in [0.15, 0.2) is 0 Å². The van der Waals surface area contributed by atoms with Crippen LogP contribution in [0.5, 0.6) is 0 Å². The summed E-state index contributed by atoms with van der Waals surface area (Å²) in [6, 6.07) is 0. The van der Waals surface area contributed by atoms with E-state index in [1.165, 1.54) is 51.7 Å². The second kappa shape index (κ2) is 7.00. The Morgan fingerprint density at radius 2 is 1.81 bits per heavy atom. The molecule has 16 heavy (non-hydrogen) atoms. The molecule has 0 unspecified atom stereocenters. The number of hydrogen-bond donors (Lipinski definition) is 0. The van der Waals surface area contributed by atoms with Gasteiger partial charge in [-0.25, -0.2) is 0 Å². The van der Waals surface area contributed by atoms with E-state index in [9.17, 15) is 0 Å². The van der Waals surface area contributed by atoms with Gasteiger partial charge in [0, 0.05) is 18.4 Å². The van der Waals surface area contributed by atoms with Gasteiger partial charge in [0.05, 0.1) is 0 Å². The Bertz CT molecular complexity index is 177. The van der Waals surface area contributed by atoms with Crippen LogP contribution in [0.4, 0.5) is 0 Å². The molecule has 1 aliphatic carbocycles. The van der Waals surface area contributed by atoms with Gasteiger partial charge in [-0.15, -0.1) is 0 Å². The third kappa shape index (κ3) is 4.37. The minimum Gasteiger partial charge on any atom is -0.302 e. The molecule has 0 bridgehead atoms. The molecule has 0 spiro atoms. The fourth-order valence-electron chi connectivity index (χ4n) is 2.40. The zero-order valence-electron chi connectivity index (χ0n) is 11.3. The quantitative estimate of drug-likeness (QED) is 0.572.